The summed E-state index contributed by atoms with van der Waals surface area (Å²) in [6.07, 6.45) is 6.36. The van der Waals surface area contributed by atoms with E-state index >= 15 is 0 Å². The molecule has 2 amide bonds. The van der Waals surface area contributed by atoms with E-state index in [2.05, 4.69) is 16.0 Å². The number of amides is 2. The lowest BCUT2D eigenvalue weighted by molar-refractivity contribution is 0.244. The highest BCUT2D eigenvalue weighted by Gasteiger charge is 2.19. The van der Waals surface area contributed by atoms with Gasteiger partial charge in [0.15, 0.2) is 5.69 Å². The molecule has 3 N–H and O–H groups in total. The smallest absolute Gasteiger partial charge is 0.362 e. The van der Waals surface area contributed by atoms with Crippen LogP contribution in [0.15, 0.2) is 33.5 Å². The molecule has 25 heavy (non-hydrogen) atoms. The fourth-order valence-corrected chi connectivity index (χ4v) is 3.28. The summed E-state index contributed by atoms with van der Waals surface area (Å²) in [6, 6.07) is 7.14. The van der Waals surface area contributed by atoms with Gasteiger partial charge >= 0.3 is 11.7 Å². The van der Waals surface area contributed by atoms with E-state index in [0.717, 1.165) is 37.5 Å². The first-order valence-corrected chi connectivity index (χ1v) is 9.06. The summed E-state index contributed by atoms with van der Waals surface area (Å²) >= 11 is 0. The standard InChI is InChI=1S/C19H25N3O3/c1-2-12-20-16-14-10-6-7-11-15(14)25-18(23)17(16)22-19(24)21-13-8-4-3-5-9-13/h6-7,10-11,13,20H,2-5,8-9,12H2,1H3,(H2,21,22,24). The van der Waals surface area contributed by atoms with Gasteiger partial charge in [-0.05, 0) is 31.4 Å². The van der Waals surface area contributed by atoms with E-state index in [0.29, 0.717) is 17.8 Å². The normalized spacial score (nSPS) is 15.1. The number of rotatable bonds is 5. The lowest BCUT2D eigenvalue weighted by Crippen LogP contribution is -2.40. The molecule has 0 atom stereocenters. The van der Waals surface area contributed by atoms with Gasteiger partial charge in [-0.15, -0.1) is 0 Å². The highest BCUT2D eigenvalue weighted by atomic mass is 16.4. The van der Waals surface area contributed by atoms with Gasteiger partial charge in [0.1, 0.15) is 5.58 Å². The van der Waals surface area contributed by atoms with Gasteiger partial charge < -0.3 is 15.1 Å². The Labute approximate surface area is 147 Å². The van der Waals surface area contributed by atoms with Crippen LogP contribution in [0.5, 0.6) is 0 Å². The number of carbonyl (C=O) groups excluding carboxylic acids is 1. The highest BCUT2D eigenvalue weighted by Crippen LogP contribution is 2.28. The molecule has 0 bridgehead atoms. The monoisotopic (exact) mass is 343 g/mol. The molecule has 0 radical (unpaired) electrons. The largest absolute Gasteiger partial charge is 0.421 e. The van der Waals surface area contributed by atoms with Crippen LogP contribution in [0.3, 0.4) is 0 Å². The van der Waals surface area contributed by atoms with Gasteiger partial charge in [0.25, 0.3) is 0 Å². The second-order valence-electron chi connectivity index (χ2n) is 6.50. The molecular formula is C19H25N3O3. The summed E-state index contributed by atoms with van der Waals surface area (Å²) < 4.78 is 5.37. The molecule has 0 saturated heterocycles. The second-order valence-corrected chi connectivity index (χ2v) is 6.50. The number of fused-ring (bicyclic) bond motifs is 1. The van der Waals surface area contributed by atoms with Crippen LogP contribution < -0.4 is 21.6 Å². The van der Waals surface area contributed by atoms with Crippen LogP contribution in [0.25, 0.3) is 11.0 Å². The van der Waals surface area contributed by atoms with Crippen LogP contribution in [-0.4, -0.2) is 18.6 Å². The molecule has 0 spiro atoms. The fourth-order valence-electron chi connectivity index (χ4n) is 3.28. The minimum atomic E-state index is -0.545. The zero-order valence-electron chi connectivity index (χ0n) is 14.6. The number of nitrogens with one attached hydrogen (secondary N) is 3. The number of hydrogen-bond acceptors (Lipinski definition) is 4. The maximum Gasteiger partial charge on any atom is 0.362 e. The molecule has 1 aromatic carbocycles. The summed E-state index contributed by atoms with van der Waals surface area (Å²) in [7, 11) is 0. The molecule has 1 aliphatic rings. The van der Waals surface area contributed by atoms with Gasteiger partial charge in [-0.1, -0.05) is 38.3 Å². The first-order chi connectivity index (χ1) is 12.2. The van der Waals surface area contributed by atoms with Gasteiger partial charge in [0.2, 0.25) is 0 Å². The van der Waals surface area contributed by atoms with Crippen molar-refractivity contribution in [2.75, 3.05) is 17.2 Å². The van der Waals surface area contributed by atoms with Crippen LogP contribution in [0, 0.1) is 0 Å². The highest BCUT2D eigenvalue weighted by molar-refractivity contribution is 6.01. The molecule has 1 aromatic heterocycles. The molecule has 1 heterocycles. The predicted octanol–water partition coefficient (Wildman–Crippen LogP) is 4.07. The number of anilines is 2. The number of hydrogen-bond donors (Lipinski definition) is 3. The molecular weight excluding hydrogens is 318 g/mol. The number of para-hydroxylation sites is 1. The van der Waals surface area contributed by atoms with E-state index in [1.54, 1.807) is 6.07 Å². The lowest BCUT2D eigenvalue weighted by atomic mass is 9.96. The van der Waals surface area contributed by atoms with Crippen LogP contribution >= 0.6 is 0 Å². The van der Waals surface area contributed by atoms with Crippen molar-refractivity contribution in [2.24, 2.45) is 0 Å². The second kappa shape index (κ2) is 8.05. The third-order valence-corrected chi connectivity index (χ3v) is 4.54. The van der Waals surface area contributed by atoms with Crippen LogP contribution in [0.1, 0.15) is 45.4 Å². The number of benzene rings is 1. The SMILES string of the molecule is CCCNc1c(NC(=O)NC2CCCCC2)c(=O)oc2ccccc12. The van der Waals surface area contributed by atoms with Gasteiger partial charge in [-0.3, -0.25) is 5.32 Å². The average molecular weight is 343 g/mol. The summed E-state index contributed by atoms with van der Waals surface area (Å²) in [5.41, 5.74) is 0.744. The van der Waals surface area contributed by atoms with Crippen molar-refractivity contribution in [3.8, 4) is 0 Å². The third-order valence-electron chi connectivity index (χ3n) is 4.54. The average Bonchev–Trinajstić information content (AvgIpc) is 2.62. The maximum absolute atomic E-state index is 12.4. The molecule has 1 fully saturated rings. The molecule has 0 unspecified atom stereocenters. The predicted molar refractivity (Wildman–Crippen MR) is 100 cm³/mol. The Kier molecular flexibility index (Phi) is 5.58. The minimum absolute atomic E-state index is 0.167. The van der Waals surface area contributed by atoms with E-state index < -0.39 is 5.63 Å². The van der Waals surface area contributed by atoms with Gasteiger partial charge in [-0.25, -0.2) is 9.59 Å². The van der Waals surface area contributed by atoms with E-state index in [4.69, 9.17) is 4.42 Å². The van der Waals surface area contributed by atoms with E-state index in [1.165, 1.54) is 6.42 Å². The van der Waals surface area contributed by atoms with E-state index in [1.807, 2.05) is 25.1 Å². The van der Waals surface area contributed by atoms with Crippen molar-refractivity contribution in [3.63, 3.8) is 0 Å². The van der Waals surface area contributed by atoms with Crippen molar-refractivity contribution in [1.29, 1.82) is 0 Å². The van der Waals surface area contributed by atoms with Crippen molar-refractivity contribution in [1.82, 2.24) is 5.32 Å². The molecule has 0 aliphatic heterocycles. The Morgan fingerprint density at radius 2 is 1.92 bits per heavy atom. The summed E-state index contributed by atoms with van der Waals surface area (Å²) in [5.74, 6) is 0. The molecule has 3 rings (SSSR count). The molecule has 134 valence electrons. The number of urea groups is 1. The molecule has 1 aliphatic carbocycles. The van der Waals surface area contributed by atoms with E-state index in [9.17, 15) is 9.59 Å². The van der Waals surface area contributed by atoms with Crippen molar-refractivity contribution in [3.05, 3.63) is 34.7 Å². The van der Waals surface area contributed by atoms with Gasteiger partial charge in [0, 0.05) is 18.0 Å². The molecule has 2 aromatic rings. The third kappa shape index (κ3) is 4.13. The number of carbonyl (C=O) groups is 1. The van der Waals surface area contributed by atoms with Crippen LogP contribution in [0.2, 0.25) is 0 Å². The van der Waals surface area contributed by atoms with Gasteiger partial charge in [0.05, 0.1) is 5.69 Å². The molecule has 6 nitrogen and oxygen atoms in total. The maximum atomic E-state index is 12.4. The van der Waals surface area contributed by atoms with Crippen LogP contribution in [0.4, 0.5) is 16.2 Å². The zero-order chi connectivity index (χ0) is 17.6. The Morgan fingerprint density at radius 3 is 2.68 bits per heavy atom. The minimum Gasteiger partial charge on any atom is -0.421 e. The Morgan fingerprint density at radius 1 is 1.16 bits per heavy atom. The van der Waals surface area contributed by atoms with Crippen molar-refractivity contribution >= 4 is 28.4 Å². The van der Waals surface area contributed by atoms with Gasteiger partial charge in [-0.2, -0.15) is 0 Å². The summed E-state index contributed by atoms with van der Waals surface area (Å²) in [5, 5.41) is 9.71. The Bertz CT molecular complexity index is 794. The quantitative estimate of drug-likeness (QED) is 0.715. The zero-order valence-corrected chi connectivity index (χ0v) is 14.6. The molecule has 6 heteroatoms. The summed E-state index contributed by atoms with van der Waals surface area (Å²) in [4.78, 5) is 24.8. The first kappa shape index (κ1) is 17.3. The fraction of sp³-hybridized carbons (Fsp3) is 0.474. The molecule has 1 saturated carbocycles. The first-order valence-electron chi connectivity index (χ1n) is 9.06. The Hall–Kier alpha value is -2.50. The lowest BCUT2D eigenvalue weighted by Gasteiger charge is -2.23. The summed E-state index contributed by atoms with van der Waals surface area (Å²) in [6.45, 7) is 2.75. The van der Waals surface area contributed by atoms with Crippen molar-refractivity contribution in [2.45, 2.75) is 51.5 Å². The van der Waals surface area contributed by atoms with Crippen molar-refractivity contribution < 1.29 is 9.21 Å². The Balaban J connectivity index is 1.87. The van der Waals surface area contributed by atoms with E-state index in [-0.39, 0.29) is 17.8 Å². The topological polar surface area (TPSA) is 83.4 Å². The van der Waals surface area contributed by atoms with Crippen LogP contribution in [-0.2, 0) is 0 Å².